The van der Waals surface area contributed by atoms with Crippen LogP contribution in [0.3, 0.4) is 0 Å². The van der Waals surface area contributed by atoms with Gasteiger partial charge in [0.15, 0.2) is 0 Å². The lowest BCUT2D eigenvalue weighted by Gasteiger charge is -2.04. The van der Waals surface area contributed by atoms with Crippen LogP contribution in [-0.2, 0) is 4.79 Å². The zero-order chi connectivity index (χ0) is 12.1. The second kappa shape index (κ2) is 4.87. The van der Waals surface area contributed by atoms with Crippen LogP contribution < -0.4 is 4.74 Å². The fourth-order valence-corrected chi connectivity index (χ4v) is 0.993. The number of hydrogen-bond donors (Lipinski definition) is 1. The van der Waals surface area contributed by atoms with Gasteiger partial charge in [0.1, 0.15) is 11.3 Å². The van der Waals surface area contributed by atoms with Crippen LogP contribution in [0.25, 0.3) is 0 Å². The topological polar surface area (TPSA) is 107 Å². The lowest BCUT2D eigenvalue weighted by molar-refractivity contribution is -0.469. The molecule has 0 aromatic heterocycles. The number of rotatable bonds is 4. The van der Waals surface area contributed by atoms with Crippen LogP contribution in [0.2, 0.25) is 0 Å². The second-order valence-electron chi connectivity index (χ2n) is 2.77. The molecule has 0 atom stereocenters. The molecule has 0 unspecified atom stereocenters. The van der Waals surface area contributed by atoms with Crippen molar-refractivity contribution in [3.63, 3.8) is 0 Å². The summed E-state index contributed by atoms with van der Waals surface area (Å²) in [6.07, 6.45) is 0. The first-order chi connectivity index (χ1) is 7.50. The highest BCUT2D eigenvalue weighted by molar-refractivity contribution is 5.92. The Morgan fingerprint density at radius 2 is 2.00 bits per heavy atom. The maximum Gasteiger partial charge on any atom is 0.383 e. The second-order valence-corrected chi connectivity index (χ2v) is 2.77. The molecule has 1 rings (SSSR count). The molecular formula is C9H7NO6. The van der Waals surface area contributed by atoms with Crippen molar-refractivity contribution in [2.75, 3.05) is 6.54 Å². The van der Waals surface area contributed by atoms with Crippen molar-refractivity contribution < 1.29 is 24.4 Å². The Bertz CT molecular complexity index is 441. The van der Waals surface area contributed by atoms with E-state index in [1.54, 1.807) is 0 Å². The van der Waals surface area contributed by atoms with E-state index in [4.69, 9.17) is 5.11 Å². The maximum atomic E-state index is 10.9. The van der Waals surface area contributed by atoms with Gasteiger partial charge >= 0.3 is 11.9 Å². The van der Waals surface area contributed by atoms with E-state index in [0.717, 1.165) is 0 Å². The smallest absolute Gasteiger partial charge is 0.383 e. The number of hydrogen-bond acceptors (Lipinski definition) is 5. The normalized spacial score (nSPS) is 9.50. The molecule has 0 amide bonds. The van der Waals surface area contributed by atoms with Crippen molar-refractivity contribution >= 4 is 11.9 Å². The van der Waals surface area contributed by atoms with Crippen molar-refractivity contribution in [3.8, 4) is 5.75 Å². The van der Waals surface area contributed by atoms with Crippen LogP contribution >= 0.6 is 0 Å². The molecule has 0 aliphatic carbocycles. The van der Waals surface area contributed by atoms with Crippen LogP contribution in [0.4, 0.5) is 0 Å². The number of nitrogens with zero attached hydrogens (tertiary/aromatic N) is 1. The first-order valence-electron chi connectivity index (χ1n) is 4.15. The number of carbonyl (C=O) groups is 2. The highest BCUT2D eigenvalue weighted by atomic mass is 16.6. The molecule has 0 fully saturated rings. The first-order valence-corrected chi connectivity index (χ1v) is 4.15. The van der Waals surface area contributed by atoms with Gasteiger partial charge in [-0.3, -0.25) is 10.1 Å². The zero-order valence-corrected chi connectivity index (χ0v) is 7.95. The Balaban J connectivity index is 2.84. The molecule has 0 heterocycles. The number of ether oxygens (including phenoxy) is 1. The summed E-state index contributed by atoms with van der Waals surface area (Å²) >= 11 is 0. The third kappa shape index (κ3) is 3.05. The average molecular weight is 225 g/mol. The molecule has 0 bridgehead atoms. The van der Waals surface area contributed by atoms with Gasteiger partial charge in [0.05, 0.1) is 0 Å². The number of esters is 1. The van der Waals surface area contributed by atoms with E-state index in [9.17, 15) is 19.7 Å². The van der Waals surface area contributed by atoms with E-state index < -0.39 is 23.4 Å². The summed E-state index contributed by atoms with van der Waals surface area (Å²) in [5.41, 5.74) is -0.223. The van der Waals surface area contributed by atoms with Crippen LogP contribution in [-0.4, -0.2) is 28.5 Å². The predicted molar refractivity (Wildman–Crippen MR) is 50.9 cm³/mol. The van der Waals surface area contributed by atoms with Crippen molar-refractivity contribution in [3.05, 3.63) is 39.9 Å². The summed E-state index contributed by atoms with van der Waals surface area (Å²) in [4.78, 5) is 30.8. The molecule has 0 saturated heterocycles. The highest BCUT2D eigenvalue weighted by Crippen LogP contribution is 2.17. The fraction of sp³-hybridized carbons (Fsp3) is 0.111. The molecule has 0 aliphatic rings. The molecule has 1 aromatic rings. The molecule has 1 N–H and O–H groups in total. The molecule has 0 aliphatic heterocycles. The van der Waals surface area contributed by atoms with Crippen LogP contribution in [0.15, 0.2) is 24.3 Å². The van der Waals surface area contributed by atoms with Crippen molar-refractivity contribution in [1.29, 1.82) is 0 Å². The third-order valence-electron chi connectivity index (χ3n) is 1.60. The summed E-state index contributed by atoms with van der Waals surface area (Å²) in [7, 11) is 0. The van der Waals surface area contributed by atoms with Gasteiger partial charge in [-0.15, -0.1) is 0 Å². The van der Waals surface area contributed by atoms with Crippen LogP contribution in [0.5, 0.6) is 5.75 Å². The van der Waals surface area contributed by atoms with Gasteiger partial charge in [0, 0.05) is 4.92 Å². The average Bonchev–Trinajstić information content (AvgIpc) is 2.16. The van der Waals surface area contributed by atoms with E-state index in [1.165, 1.54) is 24.3 Å². The Hall–Kier alpha value is -2.44. The Morgan fingerprint density at radius 1 is 1.38 bits per heavy atom. The molecule has 7 heteroatoms. The van der Waals surface area contributed by atoms with Crippen LogP contribution in [0, 0.1) is 10.1 Å². The molecular weight excluding hydrogens is 218 g/mol. The van der Waals surface area contributed by atoms with Gasteiger partial charge in [0.2, 0.25) is 0 Å². The predicted octanol–water partition coefficient (Wildman–Crippen LogP) is 0.567. The molecule has 0 radical (unpaired) electrons. The largest absolute Gasteiger partial charge is 0.478 e. The zero-order valence-electron chi connectivity index (χ0n) is 7.95. The maximum absolute atomic E-state index is 10.9. The van der Waals surface area contributed by atoms with E-state index in [-0.39, 0.29) is 11.3 Å². The Morgan fingerprint density at radius 3 is 2.56 bits per heavy atom. The molecule has 0 spiro atoms. The standard InChI is InChI=1S/C9H7NO6/c11-8(5-10(14)15)16-7-4-2-1-3-6(7)9(12)13/h1-4H,5H2,(H,12,13). The number of aromatic carboxylic acids is 1. The fourth-order valence-electron chi connectivity index (χ4n) is 0.993. The van der Waals surface area contributed by atoms with Gasteiger partial charge in [-0.2, -0.15) is 0 Å². The summed E-state index contributed by atoms with van der Waals surface area (Å²) in [5, 5.41) is 18.7. The van der Waals surface area contributed by atoms with Gasteiger partial charge in [-0.1, -0.05) is 12.1 Å². The first kappa shape index (κ1) is 11.6. The number of nitro groups is 1. The number of benzene rings is 1. The summed E-state index contributed by atoms with van der Waals surface area (Å²) in [6.45, 7) is -1.01. The number of carboxylic acid groups (broad SMARTS) is 1. The van der Waals surface area contributed by atoms with Gasteiger partial charge in [-0.05, 0) is 12.1 Å². The van der Waals surface area contributed by atoms with Gasteiger partial charge in [-0.25, -0.2) is 9.59 Å². The SMILES string of the molecule is O=C(C[N+](=O)[O-])Oc1ccccc1C(=O)O. The summed E-state index contributed by atoms with van der Waals surface area (Å²) in [5.74, 6) is -2.59. The molecule has 84 valence electrons. The lowest BCUT2D eigenvalue weighted by atomic mass is 10.2. The van der Waals surface area contributed by atoms with Crippen molar-refractivity contribution in [1.82, 2.24) is 0 Å². The van der Waals surface area contributed by atoms with Crippen LogP contribution in [0.1, 0.15) is 10.4 Å². The van der Waals surface area contributed by atoms with Gasteiger partial charge < -0.3 is 9.84 Å². The van der Waals surface area contributed by atoms with Crippen molar-refractivity contribution in [2.45, 2.75) is 0 Å². The minimum absolute atomic E-state index is 0.207. The van der Waals surface area contributed by atoms with Crippen molar-refractivity contribution in [2.24, 2.45) is 0 Å². The summed E-state index contributed by atoms with van der Waals surface area (Å²) < 4.78 is 4.56. The lowest BCUT2D eigenvalue weighted by Crippen LogP contribution is -2.20. The molecule has 16 heavy (non-hydrogen) atoms. The number of carboxylic acids is 1. The minimum Gasteiger partial charge on any atom is -0.478 e. The molecule has 1 aromatic carbocycles. The Kier molecular flexibility index (Phi) is 3.54. The number of para-hydroxylation sites is 1. The summed E-state index contributed by atoms with van der Waals surface area (Å²) in [6, 6.07) is 5.40. The third-order valence-corrected chi connectivity index (χ3v) is 1.60. The minimum atomic E-state index is -1.27. The van der Waals surface area contributed by atoms with E-state index >= 15 is 0 Å². The molecule has 7 nitrogen and oxygen atoms in total. The van der Waals surface area contributed by atoms with Gasteiger partial charge in [0.25, 0.3) is 6.54 Å². The highest BCUT2D eigenvalue weighted by Gasteiger charge is 2.16. The number of carbonyl (C=O) groups excluding carboxylic acids is 1. The molecule has 0 saturated carbocycles. The van der Waals surface area contributed by atoms with E-state index in [1.807, 2.05) is 0 Å². The van der Waals surface area contributed by atoms with E-state index in [2.05, 4.69) is 4.74 Å². The van der Waals surface area contributed by atoms with E-state index in [0.29, 0.717) is 0 Å². The quantitative estimate of drug-likeness (QED) is 0.347. The Labute approximate surface area is 89.4 Å². The monoisotopic (exact) mass is 225 g/mol.